The molecular formula is C80H141N9O30. The highest BCUT2D eigenvalue weighted by Crippen LogP contribution is 2.40. The van der Waals surface area contributed by atoms with Crippen molar-refractivity contribution in [1.29, 1.82) is 0 Å². The van der Waals surface area contributed by atoms with E-state index in [2.05, 4.69) is 31.9 Å². The lowest BCUT2D eigenvalue weighted by molar-refractivity contribution is -0.313. The molecule has 686 valence electrons. The number of aliphatic hydroxyl groups excluding tert-OH is 6. The van der Waals surface area contributed by atoms with Crippen LogP contribution in [0.25, 0.3) is 0 Å². The molecule has 6 rings (SSSR count). The Morgan fingerprint density at radius 1 is 0.471 bits per heavy atom. The fraction of sp³-hybridized carbons (Fsp3) is 0.850. The average molecular weight is 1710 g/mol. The van der Waals surface area contributed by atoms with Crippen LogP contribution in [0.15, 0.2) is 23.7 Å². The summed E-state index contributed by atoms with van der Waals surface area (Å²) in [6, 6.07) is -6.21. The fourth-order valence-electron chi connectivity index (χ4n) is 14.2. The maximum atomic E-state index is 13.5. The Morgan fingerprint density at radius 2 is 0.782 bits per heavy atom. The monoisotopic (exact) mass is 1710 g/mol. The van der Waals surface area contributed by atoms with E-state index in [1.54, 1.807) is 145 Å². The number of carbonyl (C=O) groups is 8. The van der Waals surface area contributed by atoms with Gasteiger partial charge < -0.3 is 155 Å². The minimum absolute atomic E-state index is 0.0246. The van der Waals surface area contributed by atoms with Crippen molar-refractivity contribution in [2.45, 2.75) is 378 Å². The molecule has 0 bridgehead atoms. The molecule has 2 saturated carbocycles. The molecule has 2 aliphatic carbocycles. The number of nitrogens with zero attached hydrogens (tertiary/aromatic N) is 2. The molecule has 4 aliphatic heterocycles. The molecule has 0 unspecified atom stereocenters. The Bertz CT molecular complexity index is 3400. The molecule has 24 atom stereocenters. The number of allylic oxidation sites excluding steroid dienone is 1. The van der Waals surface area contributed by atoms with E-state index >= 15 is 0 Å². The molecule has 2 saturated heterocycles. The van der Waals surface area contributed by atoms with Crippen molar-refractivity contribution in [3.8, 4) is 0 Å². The smallest absolute Gasteiger partial charge is 0.410 e. The van der Waals surface area contributed by atoms with Crippen molar-refractivity contribution in [1.82, 2.24) is 41.7 Å². The minimum atomic E-state index is -1.79. The number of ether oxygens (including phenoxy) is 14. The van der Waals surface area contributed by atoms with Gasteiger partial charge in [0, 0.05) is 33.6 Å². The van der Waals surface area contributed by atoms with Crippen LogP contribution in [-0.4, -0.2) is 313 Å². The van der Waals surface area contributed by atoms with Gasteiger partial charge in [0.05, 0.1) is 74.0 Å². The molecule has 0 aromatic carbocycles. The number of likely N-dealkylation sites (N-methyl/N-ethyl adjacent to an activating group) is 2. The molecule has 4 fully saturated rings. The number of rotatable bonds is 25. The van der Waals surface area contributed by atoms with Gasteiger partial charge in [-0.25, -0.2) is 28.8 Å². The lowest BCUT2D eigenvalue weighted by Crippen LogP contribution is -2.69. The molecule has 4 heterocycles. The summed E-state index contributed by atoms with van der Waals surface area (Å²) in [5.74, 6) is -1.70. The highest BCUT2D eigenvalue weighted by molar-refractivity contribution is 5.81. The number of nitrogens with one attached hydrogen (secondary N) is 6. The standard InChI is InChI=1S/C41H72N4O15.C39H69N5O15/c1-14-15-23-16-17-24(44-36(51)59-39(6,7)8)33(55-23)56-29-22(2)20-25(43-32(49)26(46)18-19-42-35(50)58-38(3,4)5)30(27(29)47)57-34-28(48)31(41(12,53)21-54-34)45(13)37(52)60-40(9,10)11;1-20-17-23(42-30(48)24(45)15-16-41-33(49)57-36(2,3)4)28(56-32-26(47)29(39(11,52)19-53-32)44(12)35(51)59-38(8,9)10)25(46)27(20)55-31-22(14-13-21(18-40)54-31)43-34(50)58-37(5,6)7/h16,22,24-31,33-34,46-48,53H,14-15,17-21H2,1-13H3,(H,42,50)(H,43,49)(H,44,51);13,20,22-29,31-32,45-47,52H,14-19,40H2,1-12H3,(H,41,49)(H,42,48)(H,43,50)/t22-,24+,25+,26-,27-,28+,29+,30-,31+,33+,34+,41-;20-,22+,23+,24-,25-,26+,27+,28-,29+,31+,32+,39-/m00/s1. The van der Waals surface area contributed by atoms with Crippen molar-refractivity contribution in [2.75, 3.05) is 46.9 Å². The molecule has 16 N–H and O–H groups in total. The number of nitrogens with two attached hydrogens (primary N) is 1. The van der Waals surface area contributed by atoms with Crippen LogP contribution in [0, 0.1) is 11.8 Å². The normalized spacial score (nSPS) is 31.9. The van der Waals surface area contributed by atoms with Crippen LogP contribution >= 0.6 is 0 Å². The summed E-state index contributed by atoms with van der Waals surface area (Å²) < 4.78 is 81.7. The second-order valence-corrected chi connectivity index (χ2v) is 37.9. The van der Waals surface area contributed by atoms with Gasteiger partial charge in [-0.2, -0.15) is 0 Å². The maximum Gasteiger partial charge on any atom is 0.410 e. The van der Waals surface area contributed by atoms with Crippen molar-refractivity contribution >= 4 is 48.4 Å². The second-order valence-electron chi connectivity index (χ2n) is 37.9. The lowest BCUT2D eigenvalue weighted by Gasteiger charge is -2.50. The van der Waals surface area contributed by atoms with Gasteiger partial charge in [-0.15, -0.1) is 0 Å². The fourth-order valence-corrected chi connectivity index (χ4v) is 14.2. The minimum Gasteiger partial charge on any atom is -0.467 e. The summed E-state index contributed by atoms with van der Waals surface area (Å²) in [7, 11) is 2.70. The first kappa shape index (κ1) is 103. The van der Waals surface area contributed by atoms with Gasteiger partial charge in [-0.05, 0) is 207 Å². The molecule has 39 heteroatoms. The second kappa shape index (κ2) is 42.4. The van der Waals surface area contributed by atoms with Gasteiger partial charge in [-0.1, -0.05) is 20.8 Å². The van der Waals surface area contributed by atoms with E-state index in [-0.39, 0.29) is 51.7 Å². The van der Waals surface area contributed by atoms with Crippen molar-refractivity contribution < 1.29 is 146 Å². The first-order chi connectivity index (χ1) is 54.5. The molecule has 0 radical (unpaired) electrons. The zero-order chi connectivity index (χ0) is 90.4. The number of aliphatic hydroxyl groups is 8. The number of amides is 8. The third-order valence-electron chi connectivity index (χ3n) is 19.4. The van der Waals surface area contributed by atoms with Gasteiger partial charge in [0.25, 0.3) is 0 Å². The Balaban J connectivity index is 0.000000424. The Kier molecular flexibility index (Phi) is 36.6. The first-order valence-corrected chi connectivity index (χ1v) is 40.8. The number of hydrogen-bond donors (Lipinski definition) is 15. The predicted molar refractivity (Wildman–Crippen MR) is 426 cm³/mol. The maximum absolute atomic E-state index is 13.5. The third kappa shape index (κ3) is 32.3. The van der Waals surface area contributed by atoms with E-state index in [4.69, 9.17) is 72.0 Å². The average Bonchev–Trinajstić information content (AvgIpc) is 0.769. The highest BCUT2D eigenvalue weighted by atomic mass is 16.7. The van der Waals surface area contributed by atoms with Gasteiger partial charge >= 0.3 is 36.6 Å². The first-order valence-electron chi connectivity index (χ1n) is 40.8. The van der Waals surface area contributed by atoms with Gasteiger partial charge in [0.2, 0.25) is 24.4 Å². The van der Waals surface area contributed by atoms with Gasteiger partial charge in [0.15, 0.2) is 12.6 Å². The van der Waals surface area contributed by atoms with Crippen LogP contribution in [0.4, 0.5) is 28.8 Å². The molecule has 0 aromatic heterocycles. The molecule has 6 aliphatic rings. The quantitative estimate of drug-likeness (QED) is 0.0573. The zero-order valence-corrected chi connectivity index (χ0v) is 74.1. The summed E-state index contributed by atoms with van der Waals surface area (Å²) in [5, 5.41) is 108. The SMILES string of the molecule is CCCC1=CC[C@@H](NC(=O)OC(C)(C)C)[C@@H](O[C@H]2[C@H](O)[C@@H](O[C@H]3OC[C@](C)(O)[C@H](N(C)C(=O)OC(C)(C)C)[C@H]3O)[C@H](NC(=O)[C@@H](O)CCNC(=O)OC(C)(C)C)C[C@@H]2C)O1.C[C@H]1C[C@@H](NC(=O)[C@@H](O)CCNC(=O)OC(C)(C)C)[C@H](O[C@H]2OC[C@](C)(O)[C@H](N(C)C(=O)OC(C)(C)C)[C@H]2O)[C@@H](O)[C@@H]1O[C@H]1OC(CN)=CC[C@H]1NC(=O)OC(C)(C)C. The molecular weight excluding hydrogens is 1570 g/mol. The zero-order valence-electron chi connectivity index (χ0n) is 74.1. The Hall–Kier alpha value is -6.96. The predicted octanol–water partition coefficient (Wildman–Crippen LogP) is 4.05. The lowest BCUT2D eigenvalue weighted by atomic mass is 9.79. The van der Waals surface area contributed by atoms with Crippen LogP contribution in [0.5, 0.6) is 0 Å². The molecule has 8 amide bonds. The van der Waals surface area contributed by atoms with Crippen LogP contribution in [0.3, 0.4) is 0 Å². The van der Waals surface area contributed by atoms with E-state index in [1.165, 1.54) is 27.9 Å². The topological polar surface area (TPSA) is 532 Å². The Labute approximate surface area is 699 Å². The van der Waals surface area contributed by atoms with E-state index in [9.17, 15) is 79.2 Å². The van der Waals surface area contributed by atoms with E-state index in [0.717, 1.165) is 16.2 Å². The number of hydrogen-bond acceptors (Lipinski definition) is 31. The van der Waals surface area contributed by atoms with Crippen LogP contribution in [0.1, 0.15) is 211 Å². The van der Waals surface area contributed by atoms with Crippen LogP contribution in [0.2, 0.25) is 0 Å². The molecule has 0 aromatic rings. The van der Waals surface area contributed by atoms with Crippen LogP contribution < -0.4 is 37.6 Å². The molecule has 0 spiro atoms. The summed E-state index contributed by atoms with van der Waals surface area (Å²) >= 11 is 0. The Morgan fingerprint density at radius 3 is 1.10 bits per heavy atom. The van der Waals surface area contributed by atoms with Crippen molar-refractivity contribution in [3.63, 3.8) is 0 Å². The van der Waals surface area contributed by atoms with Crippen molar-refractivity contribution in [3.05, 3.63) is 23.7 Å². The summed E-state index contributed by atoms with van der Waals surface area (Å²) in [6.45, 7) is 37.8. The largest absolute Gasteiger partial charge is 0.467 e. The highest BCUT2D eigenvalue weighted by Gasteiger charge is 2.57. The third-order valence-corrected chi connectivity index (χ3v) is 19.4. The van der Waals surface area contributed by atoms with E-state index in [0.29, 0.717) is 24.4 Å². The molecule has 119 heavy (non-hydrogen) atoms. The summed E-state index contributed by atoms with van der Waals surface area (Å²) in [4.78, 5) is 105. The summed E-state index contributed by atoms with van der Waals surface area (Å²) in [6.07, 6.45) is -19.3. The number of carbonyl (C=O) groups excluding carboxylic acids is 8. The van der Waals surface area contributed by atoms with Crippen LogP contribution in [-0.2, 0) is 75.9 Å². The van der Waals surface area contributed by atoms with Gasteiger partial charge in [0.1, 0.15) is 99.4 Å². The van der Waals surface area contributed by atoms with Crippen molar-refractivity contribution in [2.24, 2.45) is 17.6 Å². The number of alkyl carbamates (subject to hydrolysis) is 4. The van der Waals surface area contributed by atoms with E-state index in [1.807, 2.05) is 13.0 Å². The van der Waals surface area contributed by atoms with E-state index < -0.39 is 241 Å². The summed E-state index contributed by atoms with van der Waals surface area (Å²) in [5.41, 5.74) is -2.56. The molecule has 39 nitrogen and oxygen atoms in total. The van der Waals surface area contributed by atoms with Gasteiger partial charge in [-0.3, -0.25) is 9.59 Å².